The molecule has 138 valence electrons. The van der Waals surface area contributed by atoms with Gasteiger partial charge in [-0.1, -0.05) is 12.1 Å². The minimum absolute atomic E-state index is 0.0748. The lowest BCUT2D eigenvalue weighted by Crippen LogP contribution is -2.21. The Balaban J connectivity index is 1.80. The van der Waals surface area contributed by atoms with E-state index >= 15 is 0 Å². The molecule has 0 aliphatic carbocycles. The topological polar surface area (TPSA) is 50.8 Å². The smallest absolute Gasteiger partial charge is 0.387 e. The van der Waals surface area contributed by atoms with E-state index in [1.807, 2.05) is 24.3 Å². The quantitative estimate of drug-likeness (QED) is 0.839. The normalized spacial score (nSPS) is 13.8. The predicted octanol–water partition coefficient (Wildman–Crippen LogP) is 4.15. The summed E-state index contributed by atoms with van der Waals surface area (Å²) in [5.41, 5.74) is 1.98. The molecule has 0 atom stereocenters. The average Bonchev–Trinajstić information content (AvgIpc) is 3.16. The van der Waals surface area contributed by atoms with Gasteiger partial charge < -0.3 is 19.7 Å². The fraction of sp³-hybridized carbons (Fsp3) is 0.316. The maximum atomic E-state index is 12.6. The standard InChI is InChI=1S/C19H20F2N2O3/c1-25-17-12-13(8-9-16(17)26-19(20)21)18(24)22-14-6-2-3-7-15(14)23-10-4-5-11-23/h2-3,6-9,12,19H,4-5,10-11H2,1H3,(H,22,24). The van der Waals surface area contributed by atoms with Crippen LogP contribution in [-0.4, -0.2) is 32.7 Å². The third kappa shape index (κ3) is 4.04. The molecule has 1 aliphatic rings. The van der Waals surface area contributed by atoms with Crippen LogP contribution >= 0.6 is 0 Å². The fourth-order valence-corrected chi connectivity index (χ4v) is 3.01. The molecule has 0 unspecified atom stereocenters. The Morgan fingerprint density at radius 3 is 2.54 bits per heavy atom. The monoisotopic (exact) mass is 362 g/mol. The Bertz CT molecular complexity index is 777. The van der Waals surface area contributed by atoms with Crippen LogP contribution in [-0.2, 0) is 0 Å². The van der Waals surface area contributed by atoms with Gasteiger partial charge in [0.2, 0.25) is 0 Å². The van der Waals surface area contributed by atoms with Gasteiger partial charge in [0.1, 0.15) is 0 Å². The highest BCUT2D eigenvalue weighted by Crippen LogP contribution is 2.31. The van der Waals surface area contributed by atoms with Crippen LogP contribution < -0.4 is 19.7 Å². The summed E-state index contributed by atoms with van der Waals surface area (Å²) in [6, 6.07) is 11.7. The minimum Gasteiger partial charge on any atom is -0.493 e. The minimum atomic E-state index is -2.96. The summed E-state index contributed by atoms with van der Waals surface area (Å²) in [4.78, 5) is 14.8. The molecular formula is C19H20F2N2O3. The molecule has 1 aliphatic heterocycles. The number of nitrogens with one attached hydrogen (secondary N) is 1. The van der Waals surface area contributed by atoms with Crippen LogP contribution in [0.15, 0.2) is 42.5 Å². The average molecular weight is 362 g/mol. The number of anilines is 2. The lowest BCUT2D eigenvalue weighted by Gasteiger charge is -2.21. The number of amides is 1. The van der Waals surface area contributed by atoms with E-state index < -0.39 is 6.61 Å². The number of carbonyl (C=O) groups is 1. The Hall–Kier alpha value is -2.83. The van der Waals surface area contributed by atoms with Crippen molar-refractivity contribution in [1.29, 1.82) is 0 Å². The number of para-hydroxylation sites is 2. The number of hydrogen-bond donors (Lipinski definition) is 1. The SMILES string of the molecule is COc1cc(C(=O)Nc2ccccc2N2CCCC2)ccc1OC(F)F. The third-order valence-corrected chi connectivity index (χ3v) is 4.24. The number of hydrogen-bond acceptors (Lipinski definition) is 4. The Morgan fingerprint density at radius 1 is 1.12 bits per heavy atom. The lowest BCUT2D eigenvalue weighted by molar-refractivity contribution is -0.0512. The second-order valence-electron chi connectivity index (χ2n) is 5.91. The molecule has 0 bridgehead atoms. The zero-order valence-electron chi connectivity index (χ0n) is 14.4. The number of alkyl halides is 2. The first-order chi connectivity index (χ1) is 12.6. The lowest BCUT2D eigenvalue weighted by atomic mass is 10.1. The van der Waals surface area contributed by atoms with Gasteiger partial charge >= 0.3 is 6.61 Å². The summed E-state index contributed by atoms with van der Waals surface area (Å²) >= 11 is 0. The largest absolute Gasteiger partial charge is 0.493 e. The molecular weight excluding hydrogens is 342 g/mol. The summed E-state index contributed by atoms with van der Waals surface area (Å²) in [5.74, 6) is -0.388. The highest BCUT2D eigenvalue weighted by molar-refractivity contribution is 6.06. The van der Waals surface area contributed by atoms with E-state index in [9.17, 15) is 13.6 Å². The van der Waals surface area contributed by atoms with Crippen molar-refractivity contribution in [2.45, 2.75) is 19.5 Å². The molecule has 5 nitrogen and oxygen atoms in total. The second kappa shape index (κ2) is 8.03. The van der Waals surface area contributed by atoms with Crippen molar-refractivity contribution in [2.24, 2.45) is 0 Å². The van der Waals surface area contributed by atoms with Gasteiger partial charge in [0, 0.05) is 18.7 Å². The van der Waals surface area contributed by atoms with Crippen molar-refractivity contribution in [1.82, 2.24) is 0 Å². The number of carbonyl (C=O) groups excluding carboxylic acids is 1. The Labute approximate surface area is 150 Å². The van der Waals surface area contributed by atoms with E-state index in [0.717, 1.165) is 31.6 Å². The number of halogens is 2. The van der Waals surface area contributed by atoms with Gasteiger partial charge in [0.15, 0.2) is 11.5 Å². The van der Waals surface area contributed by atoms with Crippen LogP contribution in [0.5, 0.6) is 11.5 Å². The molecule has 2 aromatic carbocycles. The number of methoxy groups -OCH3 is 1. The molecule has 1 amide bonds. The number of rotatable bonds is 6. The van der Waals surface area contributed by atoms with Crippen LogP contribution in [0.4, 0.5) is 20.2 Å². The molecule has 1 fully saturated rings. The molecule has 0 radical (unpaired) electrons. The van der Waals surface area contributed by atoms with Crippen LogP contribution in [0.2, 0.25) is 0 Å². The summed E-state index contributed by atoms with van der Waals surface area (Å²) in [6.07, 6.45) is 2.26. The van der Waals surface area contributed by atoms with Crippen molar-refractivity contribution in [3.8, 4) is 11.5 Å². The van der Waals surface area contributed by atoms with Crippen molar-refractivity contribution in [2.75, 3.05) is 30.4 Å². The van der Waals surface area contributed by atoms with Crippen molar-refractivity contribution in [3.63, 3.8) is 0 Å². The highest BCUT2D eigenvalue weighted by Gasteiger charge is 2.18. The maximum absolute atomic E-state index is 12.6. The predicted molar refractivity (Wildman–Crippen MR) is 95.5 cm³/mol. The molecule has 7 heteroatoms. The van der Waals surface area contributed by atoms with Gasteiger partial charge in [-0.2, -0.15) is 8.78 Å². The Morgan fingerprint density at radius 2 is 1.85 bits per heavy atom. The number of ether oxygens (including phenoxy) is 2. The van der Waals surface area contributed by atoms with Crippen molar-refractivity contribution < 1.29 is 23.0 Å². The van der Waals surface area contributed by atoms with Gasteiger partial charge in [-0.05, 0) is 43.2 Å². The fourth-order valence-electron chi connectivity index (χ4n) is 3.01. The molecule has 0 aromatic heterocycles. The second-order valence-corrected chi connectivity index (χ2v) is 5.91. The zero-order chi connectivity index (χ0) is 18.5. The number of nitrogens with zero attached hydrogens (tertiary/aromatic N) is 1. The number of benzene rings is 2. The molecule has 1 heterocycles. The molecule has 2 aromatic rings. The molecule has 0 spiro atoms. The van der Waals surface area contributed by atoms with Gasteiger partial charge in [-0.15, -0.1) is 0 Å². The zero-order valence-corrected chi connectivity index (χ0v) is 14.4. The summed E-state index contributed by atoms with van der Waals surface area (Å²) in [6.45, 7) is -1.04. The molecule has 1 N–H and O–H groups in total. The van der Waals surface area contributed by atoms with E-state index in [4.69, 9.17) is 4.74 Å². The molecule has 3 rings (SSSR count). The third-order valence-electron chi connectivity index (χ3n) is 4.24. The first-order valence-corrected chi connectivity index (χ1v) is 8.36. The molecule has 0 saturated carbocycles. The summed E-state index contributed by atoms with van der Waals surface area (Å²) in [7, 11) is 1.33. The van der Waals surface area contributed by atoms with Gasteiger partial charge in [0.05, 0.1) is 18.5 Å². The maximum Gasteiger partial charge on any atom is 0.387 e. The summed E-state index contributed by atoms with van der Waals surface area (Å²) in [5, 5.41) is 2.89. The van der Waals surface area contributed by atoms with Crippen LogP contribution in [0, 0.1) is 0 Å². The van der Waals surface area contributed by atoms with Gasteiger partial charge in [-0.25, -0.2) is 0 Å². The summed E-state index contributed by atoms with van der Waals surface area (Å²) < 4.78 is 34.3. The van der Waals surface area contributed by atoms with Gasteiger partial charge in [0.25, 0.3) is 5.91 Å². The van der Waals surface area contributed by atoms with Crippen LogP contribution in [0.3, 0.4) is 0 Å². The highest BCUT2D eigenvalue weighted by atomic mass is 19.3. The van der Waals surface area contributed by atoms with E-state index in [-0.39, 0.29) is 17.4 Å². The van der Waals surface area contributed by atoms with E-state index in [1.54, 1.807) is 0 Å². The van der Waals surface area contributed by atoms with Crippen molar-refractivity contribution in [3.05, 3.63) is 48.0 Å². The van der Waals surface area contributed by atoms with E-state index in [0.29, 0.717) is 11.3 Å². The molecule has 1 saturated heterocycles. The van der Waals surface area contributed by atoms with Crippen molar-refractivity contribution >= 4 is 17.3 Å². The first-order valence-electron chi connectivity index (χ1n) is 8.36. The molecule has 26 heavy (non-hydrogen) atoms. The first kappa shape index (κ1) is 18.0. The van der Waals surface area contributed by atoms with Crippen LogP contribution in [0.1, 0.15) is 23.2 Å². The van der Waals surface area contributed by atoms with Gasteiger partial charge in [-0.3, -0.25) is 4.79 Å². The van der Waals surface area contributed by atoms with E-state index in [1.165, 1.54) is 25.3 Å². The van der Waals surface area contributed by atoms with E-state index in [2.05, 4.69) is 15.0 Å². The van der Waals surface area contributed by atoms with Crippen LogP contribution in [0.25, 0.3) is 0 Å². The Kier molecular flexibility index (Phi) is 5.55.